The fourth-order valence-electron chi connectivity index (χ4n) is 4.09. The molecule has 0 aliphatic heterocycles. The molecular weight excluding hydrogens is 515 g/mol. The summed E-state index contributed by atoms with van der Waals surface area (Å²) in [6, 6.07) is 25.3. The lowest BCUT2D eigenvalue weighted by atomic mass is 9.95. The zero-order valence-corrected chi connectivity index (χ0v) is 20.4. The van der Waals surface area contributed by atoms with E-state index < -0.39 is 18.0 Å². The lowest BCUT2D eigenvalue weighted by Gasteiger charge is -2.16. The first-order chi connectivity index (χ1) is 18.2. The number of carbonyl (C=O) groups is 1. The van der Waals surface area contributed by atoms with Crippen LogP contribution in [0.1, 0.15) is 5.56 Å². The number of fused-ring (bicyclic) bond motifs is 1. The van der Waals surface area contributed by atoms with Gasteiger partial charge in [-0.3, -0.25) is 0 Å². The summed E-state index contributed by atoms with van der Waals surface area (Å²) >= 11 is 6.21. The van der Waals surface area contributed by atoms with Crippen molar-refractivity contribution in [3.05, 3.63) is 102 Å². The molecule has 38 heavy (non-hydrogen) atoms. The Balaban J connectivity index is 1.83. The van der Waals surface area contributed by atoms with Gasteiger partial charge < -0.3 is 10.5 Å². The number of aromatic nitrogens is 2. The summed E-state index contributed by atoms with van der Waals surface area (Å²) in [5, 5.41) is 0.600. The molecule has 5 aromatic rings. The average molecular weight is 534 g/mol. The summed E-state index contributed by atoms with van der Waals surface area (Å²) in [6.45, 7) is 0.371. The first kappa shape index (κ1) is 25.4. The first-order valence-corrected chi connectivity index (χ1v) is 11.9. The monoisotopic (exact) mass is 533 g/mol. The van der Waals surface area contributed by atoms with Crippen molar-refractivity contribution in [3.8, 4) is 39.4 Å². The van der Waals surface area contributed by atoms with Crippen molar-refractivity contribution in [2.45, 2.75) is 12.7 Å². The van der Waals surface area contributed by atoms with Gasteiger partial charge in [-0.1, -0.05) is 78.3 Å². The molecule has 2 N–H and O–H groups in total. The molecule has 5 nitrogen and oxygen atoms in total. The number of alkyl halides is 3. The molecule has 0 saturated heterocycles. The highest BCUT2D eigenvalue weighted by Gasteiger charge is 2.42. The number of hydrogen-bond donors (Lipinski definition) is 1. The number of halogens is 4. The third-order valence-corrected chi connectivity index (χ3v) is 6.16. The maximum atomic E-state index is 13.1. The van der Waals surface area contributed by atoms with E-state index in [1.807, 2.05) is 54.6 Å². The highest BCUT2D eigenvalue weighted by molar-refractivity contribution is 6.30. The summed E-state index contributed by atoms with van der Waals surface area (Å²) in [5.41, 5.74) is 10.9. The van der Waals surface area contributed by atoms with Gasteiger partial charge in [0.1, 0.15) is 0 Å². The van der Waals surface area contributed by atoms with Crippen LogP contribution in [0.15, 0.2) is 91.1 Å². The third kappa shape index (κ3) is 5.09. The Hall–Kier alpha value is -4.27. The minimum absolute atomic E-state index is 0.140. The number of carbonyl (C=O) groups excluding carboxylic acids is 1. The number of ether oxygens (including phenoxy) is 1. The quantitative estimate of drug-likeness (QED) is 0.241. The van der Waals surface area contributed by atoms with Crippen LogP contribution in [0.2, 0.25) is 5.02 Å². The van der Waals surface area contributed by atoms with Gasteiger partial charge in [0.05, 0.1) is 16.6 Å². The number of pyridine rings is 2. The van der Waals surface area contributed by atoms with Crippen molar-refractivity contribution in [1.82, 2.24) is 9.97 Å². The third-order valence-electron chi connectivity index (χ3n) is 5.92. The Morgan fingerprint density at radius 1 is 0.868 bits per heavy atom. The standard InChI is InChI=1S/C29H19ClF3N3O2/c30-21-8-4-7-20(13-21)24-16-35-27(38-28(37)29(31,32)33)23-14-22(18-5-2-1-3-6-18)25(36-26(23)24)19-11-9-17(15-34)10-12-19/h1-14,16H,15,34H2. The zero-order chi connectivity index (χ0) is 26.9. The van der Waals surface area contributed by atoms with Crippen molar-refractivity contribution in [2.24, 2.45) is 5.73 Å². The fraction of sp³-hybridized carbons (Fsp3) is 0.0690. The van der Waals surface area contributed by atoms with Crippen LogP contribution in [0.4, 0.5) is 13.2 Å². The molecule has 0 aliphatic carbocycles. The van der Waals surface area contributed by atoms with E-state index in [2.05, 4.69) is 4.98 Å². The summed E-state index contributed by atoms with van der Waals surface area (Å²) in [4.78, 5) is 20.8. The molecule has 0 unspecified atom stereocenters. The first-order valence-electron chi connectivity index (χ1n) is 11.5. The van der Waals surface area contributed by atoms with Crippen LogP contribution >= 0.6 is 11.6 Å². The maximum Gasteiger partial charge on any atom is 0.491 e. The molecular formula is C29H19ClF3N3O2. The second-order valence-electron chi connectivity index (χ2n) is 8.42. The molecule has 0 bridgehead atoms. The van der Waals surface area contributed by atoms with Gasteiger partial charge in [-0.15, -0.1) is 0 Å². The molecule has 9 heteroatoms. The summed E-state index contributed by atoms with van der Waals surface area (Å²) in [7, 11) is 0. The van der Waals surface area contributed by atoms with Gasteiger partial charge >= 0.3 is 12.1 Å². The number of hydrogen-bond acceptors (Lipinski definition) is 5. The van der Waals surface area contributed by atoms with Gasteiger partial charge in [-0.25, -0.2) is 14.8 Å². The maximum absolute atomic E-state index is 13.1. The van der Waals surface area contributed by atoms with E-state index in [0.717, 1.165) is 16.7 Å². The minimum Gasteiger partial charge on any atom is -0.400 e. The largest absolute Gasteiger partial charge is 0.491 e. The van der Waals surface area contributed by atoms with Gasteiger partial charge in [0.2, 0.25) is 5.88 Å². The topological polar surface area (TPSA) is 78.1 Å². The van der Waals surface area contributed by atoms with E-state index >= 15 is 0 Å². The minimum atomic E-state index is -5.19. The molecule has 0 amide bonds. The number of nitrogens with two attached hydrogens (primary N) is 1. The van der Waals surface area contributed by atoms with Gasteiger partial charge in [0.15, 0.2) is 0 Å². The second-order valence-corrected chi connectivity index (χ2v) is 8.86. The highest BCUT2D eigenvalue weighted by atomic mass is 35.5. The molecule has 0 atom stereocenters. The molecule has 0 aliphatic rings. The Morgan fingerprint density at radius 2 is 1.58 bits per heavy atom. The average Bonchev–Trinajstić information content (AvgIpc) is 2.92. The predicted molar refractivity (Wildman–Crippen MR) is 140 cm³/mol. The van der Waals surface area contributed by atoms with Gasteiger partial charge in [-0.2, -0.15) is 13.2 Å². The van der Waals surface area contributed by atoms with Gasteiger partial charge in [-0.05, 0) is 34.9 Å². The van der Waals surface area contributed by atoms with E-state index in [1.54, 1.807) is 30.3 Å². The number of nitrogens with zero attached hydrogens (tertiary/aromatic N) is 2. The normalized spacial score (nSPS) is 11.5. The van der Waals surface area contributed by atoms with E-state index in [0.29, 0.717) is 39.5 Å². The van der Waals surface area contributed by atoms with Crippen molar-refractivity contribution in [2.75, 3.05) is 0 Å². The molecule has 2 heterocycles. The van der Waals surface area contributed by atoms with Crippen molar-refractivity contribution in [3.63, 3.8) is 0 Å². The lowest BCUT2D eigenvalue weighted by Crippen LogP contribution is -2.28. The van der Waals surface area contributed by atoms with Crippen molar-refractivity contribution >= 4 is 28.5 Å². The summed E-state index contributed by atoms with van der Waals surface area (Å²) in [5.74, 6) is -2.87. The summed E-state index contributed by atoms with van der Waals surface area (Å²) < 4.78 is 43.9. The van der Waals surface area contributed by atoms with E-state index in [1.165, 1.54) is 6.20 Å². The van der Waals surface area contributed by atoms with E-state index in [-0.39, 0.29) is 5.39 Å². The molecule has 0 radical (unpaired) electrons. The SMILES string of the molecule is NCc1ccc(-c2nc3c(-c4cccc(Cl)c4)cnc(OC(=O)C(F)(F)F)c3cc2-c2ccccc2)cc1. The number of esters is 1. The fourth-order valence-corrected chi connectivity index (χ4v) is 4.28. The molecule has 190 valence electrons. The molecule has 2 aromatic heterocycles. The second kappa shape index (κ2) is 10.2. The number of rotatable bonds is 5. The van der Waals surface area contributed by atoms with Gasteiger partial charge in [0.25, 0.3) is 0 Å². The lowest BCUT2D eigenvalue weighted by molar-refractivity contribution is -0.189. The van der Waals surface area contributed by atoms with Crippen LogP contribution in [0.3, 0.4) is 0 Å². The Morgan fingerprint density at radius 3 is 2.24 bits per heavy atom. The van der Waals surface area contributed by atoms with Crippen LogP contribution < -0.4 is 10.5 Å². The molecule has 0 fully saturated rings. The van der Waals surface area contributed by atoms with Crippen LogP contribution in [0.25, 0.3) is 44.4 Å². The van der Waals surface area contributed by atoms with Crippen LogP contribution in [-0.4, -0.2) is 22.1 Å². The Kier molecular flexibility index (Phi) is 6.84. The van der Waals surface area contributed by atoms with Gasteiger partial charge in [0, 0.05) is 34.5 Å². The zero-order valence-electron chi connectivity index (χ0n) is 19.7. The summed E-state index contributed by atoms with van der Waals surface area (Å²) in [6.07, 6.45) is -3.87. The molecule has 5 rings (SSSR count). The van der Waals surface area contributed by atoms with Crippen molar-refractivity contribution < 1.29 is 22.7 Å². The Bertz CT molecular complexity index is 1640. The van der Waals surface area contributed by atoms with Crippen LogP contribution in [-0.2, 0) is 11.3 Å². The smallest absolute Gasteiger partial charge is 0.400 e. The molecule has 3 aromatic carbocycles. The van der Waals surface area contributed by atoms with E-state index in [4.69, 9.17) is 27.1 Å². The molecule has 0 saturated carbocycles. The van der Waals surface area contributed by atoms with Crippen molar-refractivity contribution in [1.29, 1.82) is 0 Å². The van der Waals surface area contributed by atoms with E-state index in [9.17, 15) is 18.0 Å². The van der Waals surface area contributed by atoms with Crippen LogP contribution in [0, 0.1) is 0 Å². The van der Waals surface area contributed by atoms with Crippen LogP contribution in [0.5, 0.6) is 5.88 Å². The molecule has 0 spiro atoms. The highest BCUT2D eigenvalue weighted by Crippen LogP contribution is 2.40. The number of benzene rings is 3. The predicted octanol–water partition coefficient (Wildman–Crippen LogP) is 7.21. The Labute approximate surface area is 220 Å².